The zero-order valence-electron chi connectivity index (χ0n) is 18.8. The minimum absolute atomic E-state index is 0. The summed E-state index contributed by atoms with van der Waals surface area (Å²) in [5, 5.41) is 6.78. The first kappa shape index (κ1) is 26.5. The lowest BCUT2D eigenvalue weighted by atomic mass is 9.84. The van der Waals surface area contributed by atoms with Crippen LogP contribution in [0.25, 0.3) is 0 Å². The van der Waals surface area contributed by atoms with E-state index in [2.05, 4.69) is 15.6 Å². The summed E-state index contributed by atoms with van der Waals surface area (Å²) in [5.41, 5.74) is -0.270. The maximum Gasteiger partial charge on any atom is 0.230 e. The van der Waals surface area contributed by atoms with Crippen molar-refractivity contribution in [1.29, 1.82) is 0 Å². The topological polar surface area (TPSA) is 66.0 Å². The smallest absolute Gasteiger partial charge is 0.230 e. The fourth-order valence-corrected chi connectivity index (χ4v) is 4.56. The van der Waals surface area contributed by atoms with Crippen molar-refractivity contribution in [2.75, 3.05) is 40.8 Å². The molecule has 0 spiro atoms. The third kappa shape index (κ3) is 8.99. The van der Waals surface area contributed by atoms with Gasteiger partial charge in [-0.05, 0) is 38.5 Å². The average Bonchev–Trinajstić information content (AvgIpc) is 3.03. The monoisotopic (exact) mass is 522 g/mol. The van der Waals surface area contributed by atoms with Gasteiger partial charge in [-0.2, -0.15) is 0 Å². The van der Waals surface area contributed by atoms with Gasteiger partial charge in [0.25, 0.3) is 0 Å². The Morgan fingerprint density at radius 3 is 2.28 bits per heavy atom. The van der Waals surface area contributed by atoms with Crippen LogP contribution >= 0.6 is 24.0 Å². The standard InChI is InChI=1S/C22H42N4O2.HI/c1-23-21(25-18-22(14-8-9-15-22)20(27)26(2)3)24-16-10-11-17-28-19-12-6-4-5-7-13-19;/h19H,4-18H2,1-3H3,(H2,23,24,25);1H. The molecule has 0 bridgehead atoms. The number of hydrogen-bond acceptors (Lipinski definition) is 3. The summed E-state index contributed by atoms with van der Waals surface area (Å²) in [4.78, 5) is 18.7. The molecule has 2 saturated carbocycles. The molecule has 0 saturated heterocycles. The molecule has 2 aliphatic rings. The zero-order chi connectivity index (χ0) is 20.2. The Bertz CT molecular complexity index is 485. The van der Waals surface area contributed by atoms with Crippen LogP contribution in [0.3, 0.4) is 0 Å². The second kappa shape index (κ2) is 14.4. The molecule has 0 aromatic rings. The lowest BCUT2D eigenvalue weighted by Gasteiger charge is -2.31. The van der Waals surface area contributed by atoms with Crippen LogP contribution in [0.2, 0.25) is 0 Å². The molecular formula is C22H43IN4O2. The Hall–Kier alpha value is -0.570. The van der Waals surface area contributed by atoms with Gasteiger partial charge in [-0.15, -0.1) is 24.0 Å². The van der Waals surface area contributed by atoms with Crippen molar-refractivity contribution in [1.82, 2.24) is 15.5 Å². The molecule has 2 aliphatic carbocycles. The van der Waals surface area contributed by atoms with Gasteiger partial charge in [0.2, 0.25) is 5.91 Å². The number of carbonyl (C=O) groups is 1. The van der Waals surface area contributed by atoms with E-state index in [0.717, 1.165) is 57.6 Å². The minimum Gasteiger partial charge on any atom is -0.378 e. The van der Waals surface area contributed by atoms with Gasteiger partial charge in [-0.1, -0.05) is 38.5 Å². The van der Waals surface area contributed by atoms with E-state index in [1.807, 2.05) is 14.1 Å². The van der Waals surface area contributed by atoms with Gasteiger partial charge >= 0.3 is 0 Å². The third-order valence-corrected chi connectivity index (χ3v) is 6.26. The molecule has 0 unspecified atom stereocenters. The lowest BCUT2D eigenvalue weighted by molar-refractivity contribution is -0.138. The van der Waals surface area contributed by atoms with Gasteiger partial charge in [0, 0.05) is 40.8 Å². The molecule has 7 heteroatoms. The normalized spacial score (nSPS) is 19.9. The van der Waals surface area contributed by atoms with Crippen LogP contribution in [0.5, 0.6) is 0 Å². The first-order valence-electron chi connectivity index (χ1n) is 11.4. The van der Waals surface area contributed by atoms with E-state index in [9.17, 15) is 4.79 Å². The summed E-state index contributed by atoms with van der Waals surface area (Å²) in [6.07, 6.45) is 14.7. The van der Waals surface area contributed by atoms with Gasteiger partial charge in [0.1, 0.15) is 0 Å². The zero-order valence-corrected chi connectivity index (χ0v) is 21.1. The van der Waals surface area contributed by atoms with Crippen LogP contribution in [0.4, 0.5) is 0 Å². The summed E-state index contributed by atoms with van der Waals surface area (Å²) in [5.74, 6) is 1.03. The number of halogens is 1. The van der Waals surface area contributed by atoms with Crippen molar-refractivity contribution in [2.45, 2.75) is 83.2 Å². The highest BCUT2D eigenvalue weighted by Crippen LogP contribution is 2.38. The molecular weight excluding hydrogens is 479 g/mol. The van der Waals surface area contributed by atoms with E-state index in [-0.39, 0.29) is 35.3 Å². The van der Waals surface area contributed by atoms with Crippen LogP contribution in [0, 0.1) is 5.41 Å². The molecule has 0 radical (unpaired) electrons. The molecule has 2 rings (SSSR count). The van der Waals surface area contributed by atoms with Crippen LogP contribution in [-0.4, -0.2) is 63.7 Å². The molecule has 6 nitrogen and oxygen atoms in total. The van der Waals surface area contributed by atoms with Crippen molar-refractivity contribution >= 4 is 35.8 Å². The molecule has 1 amide bonds. The van der Waals surface area contributed by atoms with E-state index in [4.69, 9.17) is 4.74 Å². The Kier molecular flexibility index (Phi) is 13.2. The Balaban J connectivity index is 0.00000420. The maximum atomic E-state index is 12.7. The van der Waals surface area contributed by atoms with E-state index in [1.54, 1.807) is 11.9 Å². The van der Waals surface area contributed by atoms with Crippen LogP contribution in [0.1, 0.15) is 77.0 Å². The fourth-order valence-electron chi connectivity index (χ4n) is 4.56. The third-order valence-electron chi connectivity index (χ3n) is 6.26. The van der Waals surface area contributed by atoms with Gasteiger partial charge in [-0.3, -0.25) is 9.79 Å². The number of amides is 1. The second-order valence-corrected chi connectivity index (χ2v) is 8.73. The Labute approximate surface area is 195 Å². The van der Waals surface area contributed by atoms with Gasteiger partial charge in [0.05, 0.1) is 11.5 Å². The number of carbonyl (C=O) groups excluding carboxylic acids is 1. The van der Waals surface area contributed by atoms with E-state index in [0.29, 0.717) is 12.6 Å². The summed E-state index contributed by atoms with van der Waals surface area (Å²) < 4.78 is 6.06. The molecule has 0 heterocycles. The van der Waals surface area contributed by atoms with Crippen molar-refractivity contribution in [3.05, 3.63) is 0 Å². The number of ether oxygens (including phenoxy) is 1. The second-order valence-electron chi connectivity index (χ2n) is 8.73. The van der Waals surface area contributed by atoms with Crippen LogP contribution in [-0.2, 0) is 9.53 Å². The summed E-state index contributed by atoms with van der Waals surface area (Å²) in [6.45, 7) is 2.40. The first-order chi connectivity index (χ1) is 13.6. The van der Waals surface area contributed by atoms with E-state index in [1.165, 1.54) is 38.5 Å². The quantitative estimate of drug-likeness (QED) is 0.158. The van der Waals surface area contributed by atoms with Gasteiger partial charge in [-0.25, -0.2) is 0 Å². The van der Waals surface area contributed by atoms with Crippen LogP contribution in [0.15, 0.2) is 4.99 Å². The largest absolute Gasteiger partial charge is 0.378 e. The first-order valence-corrected chi connectivity index (χ1v) is 11.4. The van der Waals surface area contributed by atoms with Gasteiger partial charge in [0.15, 0.2) is 5.96 Å². The maximum absolute atomic E-state index is 12.7. The predicted molar refractivity (Wildman–Crippen MR) is 131 cm³/mol. The van der Waals surface area contributed by atoms with Crippen molar-refractivity contribution in [2.24, 2.45) is 10.4 Å². The van der Waals surface area contributed by atoms with E-state index >= 15 is 0 Å². The number of guanidine groups is 1. The SMILES string of the molecule is CN=C(NCCCCOC1CCCCCC1)NCC1(C(=O)N(C)C)CCCC1.I. The Morgan fingerprint density at radius 1 is 1.03 bits per heavy atom. The number of nitrogens with one attached hydrogen (secondary N) is 2. The van der Waals surface area contributed by atoms with Gasteiger partial charge < -0.3 is 20.3 Å². The molecule has 170 valence electrons. The number of aliphatic imine (C=N–C) groups is 1. The predicted octanol–water partition coefficient (Wildman–Crippen LogP) is 3.94. The minimum atomic E-state index is -0.270. The summed E-state index contributed by atoms with van der Waals surface area (Å²) >= 11 is 0. The summed E-state index contributed by atoms with van der Waals surface area (Å²) in [6, 6.07) is 0. The molecule has 0 aliphatic heterocycles. The lowest BCUT2D eigenvalue weighted by Crippen LogP contribution is -2.49. The Morgan fingerprint density at radius 2 is 1.69 bits per heavy atom. The fraction of sp³-hybridized carbons (Fsp3) is 0.909. The summed E-state index contributed by atoms with van der Waals surface area (Å²) in [7, 11) is 5.50. The van der Waals surface area contributed by atoms with Crippen molar-refractivity contribution < 1.29 is 9.53 Å². The van der Waals surface area contributed by atoms with Crippen molar-refractivity contribution in [3.63, 3.8) is 0 Å². The van der Waals surface area contributed by atoms with E-state index < -0.39 is 0 Å². The van der Waals surface area contributed by atoms with Crippen LogP contribution < -0.4 is 10.6 Å². The molecule has 2 fully saturated rings. The highest BCUT2D eigenvalue weighted by molar-refractivity contribution is 14.0. The number of hydrogen-bond donors (Lipinski definition) is 2. The molecule has 0 aromatic carbocycles. The molecule has 0 aromatic heterocycles. The van der Waals surface area contributed by atoms with Crippen molar-refractivity contribution in [3.8, 4) is 0 Å². The molecule has 2 N–H and O–H groups in total. The highest BCUT2D eigenvalue weighted by Gasteiger charge is 2.42. The molecule has 0 atom stereocenters. The average molecular weight is 523 g/mol. The number of rotatable bonds is 9. The highest BCUT2D eigenvalue weighted by atomic mass is 127. The molecule has 29 heavy (non-hydrogen) atoms. The number of unbranched alkanes of at least 4 members (excludes halogenated alkanes) is 1. The number of nitrogens with zero attached hydrogens (tertiary/aromatic N) is 2.